The van der Waals surface area contributed by atoms with Gasteiger partial charge < -0.3 is 15.0 Å². The maximum Gasteiger partial charge on any atom is 0.497 e. The first-order chi connectivity index (χ1) is 8.27. The Labute approximate surface area is 108 Å². The van der Waals surface area contributed by atoms with Crippen molar-refractivity contribution >= 4 is 12.6 Å². The van der Waals surface area contributed by atoms with E-state index in [1.807, 2.05) is 27.7 Å². The van der Waals surface area contributed by atoms with Crippen LogP contribution in [0.1, 0.15) is 33.3 Å². The molecule has 5 heteroatoms. The number of hydrogen-bond acceptors (Lipinski definition) is 3. The van der Waals surface area contributed by atoms with Gasteiger partial charge in [-0.15, -0.1) is 0 Å². The number of hydrogen-bond donors (Lipinski definition) is 1. The van der Waals surface area contributed by atoms with Gasteiger partial charge in [0.25, 0.3) is 0 Å². The molecule has 1 aliphatic heterocycles. The predicted octanol–water partition coefficient (Wildman–Crippen LogP) is 1.58. The van der Waals surface area contributed by atoms with E-state index < -0.39 is 18.3 Å². The Balaban J connectivity index is 2.34. The number of benzene rings is 1. The van der Waals surface area contributed by atoms with Crippen LogP contribution in [0.5, 0.6) is 0 Å². The SMILES string of the molecule is CC1(C)OB(c2cc(CN)ccc2F)OC1(C)C. The molecule has 0 amide bonds. The first kappa shape index (κ1) is 13.5. The molecule has 1 aliphatic rings. The van der Waals surface area contributed by atoms with E-state index in [1.54, 1.807) is 12.1 Å². The minimum Gasteiger partial charge on any atom is -0.399 e. The second kappa shape index (κ2) is 4.33. The lowest BCUT2D eigenvalue weighted by Crippen LogP contribution is -2.41. The quantitative estimate of drug-likeness (QED) is 0.811. The van der Waals surface area contributed by atoms with E-state index in [4.69, 9.17) is 15.0 Å². The van der Waals surface area contributed by atoms with Crippen molar-refractivity contribution in [3.63, 3.8) is 0 Å². The van der Waals surface area contributed by atoms with Gasteiger partial charge in [0.05, 0.1) is 11.2 Å². The molecule has 0 aromatic heterocycles. The van der Waals surface area contributed by atoms with Gasteiger partial charge in [-0.2, -0.15) is 0 Å². The molecule has 0 saturated carbocycles. The molecule has 18 heavy (non-hydrogen) atoms. The van der Waals surface area contributed by atoms with E-state index in [2.05, 4.69) is 0 Å². The monoisotopic (exact) mass is 251 g/mol. The summed E-state index contributed by atoms with van der Waals surface area (Å²) < 4.78 is 25.5. The van der Waals surface area contributed by atoms with Gasteiger partial charge in [-0.1, -0.05) is 12.1 Å². The van der Waals surface area contributed by atoms with Crippen molar-refractivity contribution in [1.82, 2.24) is 0 Å². The van der Waals surface area contributed by atoms with Crippen LogP contribution in [0.25, 0.3) is 0 Å². The van der Waals surface area contributed by atoms with Gasteiger partial charge in [0.2, 0.25) is 0 Å². The van der Waals surface area contributed by atoms with Gasteiger partial charge in [-0.25, -0.2) is 4.39 Å². The van der Waals surface area contributed by atoms with Crippen LogP contribution in [-0.4, -0.2) is 18.3 Å². The van der Waals surface area contributed by atoms with Gasteiger partial charge in [0, 0.05) is 12.0 Å². The summed E-state index contributed by atoms with van der Waals surface area (Å²) in [5.74, 6) is -0.328. The summed E-state index contributed by atoms with van der Waals surface area (Å²) in [6.07, 6.45) is 0. The summed E-state index contributed by atoms with van der Waals surface area (Å²) in [5, 5.41) is 0. The van der Waals surface area contributed by atoms with Crippen molar-refractivity contribution in [1.29, 1.82) is 0 Å². The Kier molecular flexibility index (Phi) is 3.26. The molecular weight excluding hydrogens is 232 g/mol. The minimum atomic E-state index is -0.679. The number of rotatable bonds is 2. The summed E-state index contributed by atoms with van der Waals surface area (Å²) in [4.78, 5) is 0. The smallest absolute Gasteiger partial charge is 0.399 e. The van der Waals surface area contributed by atoms with Gasteiger partial charge in [-0.3, -0.25) is 0 Å². The van der Waals surface area contributed by atoms with Crippen LogP contribution >= 0.6 is 0 Å². The maximum absolute atomic E-state index is 13.9. The zero-order valence-electron chi connectivity index (χ0n) is 11.3. The zero-order valence-corrected chi connectivity index (χ0v) is 11.3. The summed E-state index contributed by atoms with van der Waals surface area (Å²) in [6.45, 7) is 8.14. The van der Waals surface area contributed by atoms with E-state index in [0.29, 0.717) is 12.0 Å². The zero-order chi connectivity index (χ0) is 13.6. The van der Waals surface area contributed by atoms with Crippen molar-refractivity contribution in [2.24, 2.45) is 5.73 Å². The lowest BCUT2D eigenvalue weighted by Gasteiger charge is -2.32. The standard InChI is InChI=1S/C13H19BFNO2/c1-12(2)13(3,4)18-14(17-12)10-7-9(8-16)5-6-11(10)15/h5-7H,8,16H2,1-4H3. The highest BCUT2D eigenvalue weighted by Crippen LogP contribution is 2.36. The van der Waals surface area contributed by atoms with E-state index >= 15 is 0 Å². The van der Waals surface area contributed by atoms with Crippen molar-refractivity contribution in [2.75, 3.05) is 0 Å². The van der Waals surface area contributed by atoms with Gasteiger partial charge in [0.15, 0.2) is 0 Å². The molecule has 0 aliphatic carbocycles. The Hall–Kier alpha value is -0.905. The average molecular weight is 251 g/mol. The van der Waals surface area contributed by atoms with Crippen molar-refractivity contribution in [3.8, 4) is 0 Å². The largest absolute Gasteiger partial charge is 0.497 e. The lowest BCUT2D eigenvalue weighted by atomic mass is 9.78. The summed E-state index contributed by atoms with van der Waals surface area (Å²) in [7, 11) is -0.679. The molecule has 0 radical (unpaired) electrons. The third-order valence-electron chi connectivity index (χ3n) is 3.80. The summed E-state index contributed by atoms with van der Waals surface area (Å²) >= 11 is 0. The molecule has 0 unspecified atom stereocenters. The molecule has 1 heterocycles. The molecule has 1 fully saturated rings. The van der Waals surface area contributed by atoms with Crippen LogP contribution in [0, 0.1) is 5.82 Å². The Morgan fingerprint density at radius 2 is 1.72 bits per heavy atom. The fraction of sp³-hybridized carbons (Fsp3) is 0.538. The highest BCUT2D eigenvalue weighted by molar-refractivity contribution is 6.62. The van der Waals surface area contributed by atoms with Crippen LogP contribution in [-0.2, 0) is 15.9 Å². The van der Waals surface area contributed by atoms with Crippen LogP contribution in [0.4, 0.5) is 4.39 Å². The number of halogens is 1. The highest BCUT2D eigenvalue weighted by atomic mass is 19.1. The van der Waals surface area contributed by atoms with E-state index in [9.17, 15) is 4.39 Å². The van der Waals surface area contributed by atoms with Crippen molar-refractivity contribution in [3.05, 3.63) is 29.6 Å². The second-order valence-electron chi connectivity index (χ2n) is 5.65. The fourth-order valence-corrected chi connectivity index (χ4v) is 1.87. The minimum absolute atomic E-state index is 0.328. The second-order valence-corrected chi connectivity index (χ2v) is 5.65. The molecule has 1 saturated heterocycles. The summed E-state index contributed by atoms with van der Waals surface area (Å²) in [6, 6.07) is 4.78. The molecule has 0 spiro atoms. The summed E-state index contributed by atoms with van der Waals surface area (Å²) in [5.41, 5.74) is 5.91. The maximum atomic E-state index is 13.9. The van der Waals surface area contributed by atoms with Crippen LogP contribution in [0.2, 0.25) is 0 Å². The van der Waals surface area contributed by atoms with Gasteiger partial charge in [0.1, 0.15) is 5.82 Å². The molecule has 1 aromatic rings. The highest BCUT2D eigenvalue weighted by Gasteiger charge is 2.52. The van der Waals surface area contributed by atoms with Crippen LogP contribution in [0.3, 0.4) is 0 Å². The third-order valence-corrected chi connectivity index (χ3v) is 3.80. The molecular formula is C13H19BFNO2. The molecule has 3 nitrogen and oxygen atoms in total. The molecule has 0 bridgehead atoms. The normalized spacial score (nSPS) is 21.3. The van der Waals surface area contributed by atoms with E-state index in [-0.39, 0.29) is 5.82 Å². The first-order valence-corrected chi connectivity index (χ1v) is 6.11. The number of nitrogens with two attached hydrogens (primary N) is 1. The Morgan fingerprint density at radius 3 is 2.22 bits per heavy atom. The van der Waals surface area contributed by atoms with E-state index in [1.165, 1.54) is 6.07 Å². The Bertz CT molecular complexity index is 446. The molecule has 0 atom stereocenters. The third kappa shape index (κ3) is 2.18. The van der Waals surface area contributed by atoms with Gasteiger partial charge >= 0.3 is 7.12 Å². The van der Waals surface area contributed by atoms with Gasteiger partial charge in [-0.05, 0) is 39.3 Å². The molecule has 2 rings (SSSR count). The molecule has 2 N–H and O–H groups in total. The first-order valence-electron chi connectivity index (χ1n) is 6.11. The van der Waals surface area contributed by atoms with Crippen molar-refractivity contribution in [2.45, 2.75) is 45.4 Å². The average Bonchev–Trinajstić information content (AvgIpc) is 2.48. The lowest BCUT2D eigenvalue weighted by molar-refractivity contribution is 0.00578. The molecule has 98 valence electrons. The molecule has 1 aromatic carbocycles. The van der Waals surface area contributed by atoms with Crippen LogP contribution in [0.15, 0.2) is 18.2 Å². The van der Waals surface area contributed by atoms with Crippen LogP contribution < -0.4 is 11.2 Å². The Morgan fingerprint density at radius 1 is 1.17 bits per heavy atom. The van der Waals surface area contributed by atoms with Crippen molar-refractivity contribution < 1.29 is 13.7 Å². The topological polar surface area (TPSA) is 44.5 Å². The fourth-order valence-electron chi connectivity index (χ4n) is 1.87. The van der Waals surface area contributed by atoms with E-state index in [0.717, 1.165) is 5.56 Å². The predicted molar refractivity (Wildman–Crippen MR) is 70.0 cm³/mol.